The molecule has 84 valence electrons. The first-order valence-electron chi connectivity index (χ1n) is 5.11. The Balaban J connectivity index is 2.30. The molecule has 0 spiro atoms. The number of aryl methyl sites for hydroxylation is 2. The van der Waals surface area contributed by atoms with E-state index in [4.69, 9.17) is 17.3 Å². The molecule has 1 heterocycles. The van der Waals surface area contributed by atoms with E-state index >= 15 is 0 Å². The van der Waals surface area contributed by atoms with E-state index < -0.39 is 0 Å². The van der Waals surface area contributed by atoms with Crippen molar-refractivity contribution < 1.29 is 0 Å². The molecule has 0 aliphatic heterocycles. The maximum Gasteiger partial charge on any atom is 0.122 e. The van der Waals surface area contributed by atoms with Crippen molar-refractivity contribution in [3.05, 3.63) is 46.1 Å². The first-order valence-corrected chi connectivity index (χ1v) is 5.49. The lowest BCUT2D eigenvalue weighted by Crippen LogP contribution is -2.06. The Morgan fingerprint density at radius 2 is 2.06 bits per heavy atom. The normalized spacial score (nSPS) is 10.7. The maximum atomic E-state index is 5.91. The number of benzene rings is 1. The highest BCUT2D eigenvalue weighted by molar-refractivity contribution is 6.30. The average molecular weight is 236 g/mol. The average Bonchev–Trinajstić information content (AvgIpc) is 2.50. The minimum Gasteiger partial charge on any atom is -0.384 e. The second kappa shape index (κ2) is 4.18. The first-order chi connectivity index (χ1) is 7.56. The lowest BCUT2D eigenvalue weighted by atomic mass is 10.1. The van der Waals surface area contributed by atoms with Crippen LogP contribution in [0.3, 0.4) is 0 Å². The van der Waals surface area contributed by atoms with Crippen molar-refractivity contribution in [1.29, 1.82) is 0 Å². The maximum absolute atomic E-state index is 5.91. The van der Waals surface area contributed by atoms with Crippen molar-refractivity contribution in [2.45, 2.75) is 20.4 Å². The number of nitrogen functional groups attached to an aromatic ring is 1. The molecule has 0 saturated heterocycles. The summed E-state index contributed by atoms with van der Waals surface area (Å²) in [4.78, 5) is 0. The van der Waals surface area contributed by atoms with Gasteiger partial charge in [0.2, 0.25) is 0 Å². The molecule has 1 aromatic heterocycles. The third-order valence-corrected chi connectivity index (χ3v) is 2.79. The van der Waals surface area contributed by atoms with Crippen molar-refractivity contribution in [3.8, 4) is 0 Å². The quantitative estimate of drug-likeness (QED) is 0.870. The number of aromatic nitrogens is 2. The highest BCUT2D eigenvalue weighted by atomic mass is 35.5. The molecule has 2 rings (SSSR count). The Labute approximate surface area is 99.8 Å². The summed E-state index contributed by atoms with van der Waals surface area (Å²) in [6.07, 6.45) is 0. The molecule has 2 N–H and O–H groups in total. The van der Waals surface area contributed by atoms with Crippen LogP contribution in [0.4, 0.5) is 5.82 Å². The van der Waals surface area contributed by atoms with Gasteiger partial charge in [0.1, 0.15) is 5.82 Å². The molecule has 16 heavy (non-hydrogen) atoms. The Morgan fingerprint density at radius 1 is 1.31 bits per heavy atom. The molecule has 1 aromatic carbocycles. The van der Waals surface area contributed by atoms with Crippen LogP contribution in [0.2, 0.25) is 5.02 Å². The Hall–Kier alpha value is -1.48. The first kappa shape index (κ1) is 11.0. The Kier molecular flexibility index (Phi) is 2.88. The summed E-state index contributed by atoms with van der Waals surface area (Å²) in [5.74, 6) is 0.687. The third-order valence-electron chi connectivity index (χ3n) is 2.56. The van der Waals surface area contributed by atoms with Crippen LogP contribution in [0.1, 0.15) is 16.8 Å². The summed E-state index contributed by atoms with van der Waals surface area (Å²) in [5.41, 5.74) is 9.11. The molecule has 0 fully saturated rings. The highest BCUT2D eigenvalue weighted by Gasteiger charge is 2.05. The molecular weight excluding hydrogens is 222 g/mol. The van der Waals surface area contributed by atoms with Gasteiger partial charge in [0, 0.05) is 11.1 Å². The van der Waals surface area contributed by atoms with Crippen LogP contribution in [0.5, 0.6) is 0 Å². The number of anilines is 1. The van der Waals surface area contributed by atoms with Gasteiger partial charge in [-0.25, -0.2) is 4.68 Å². The van der Waals surface area contributed by atoms with E-state index in [0.717, 1.165) is 16.3 Å². The minimum absolute atomic E-state index is 0.683. The van der Waals surface area contributed by atoms with Crippen LogP contribution < -0.4 is 5.73 Å². The van der Waals surface area contributed by atoms with Gasteiger partial charge in [-0.3, -0.25) is 0 Å². The molecular formula is C12H14ClN3. The van der Waals surface area contributed by atoms with Crippen molar-refractivity contribution in [2.75, 3.05) is 5.73 Å². The van der Waals surface area contributed by atoms with Gasteiger partial charge in [-0.05, 0) is 37.1 Å². The van der Waals surface area contributed by atoms with Gasteiger partial charge >= 0.3 is 0 Å². The number of hydrogen-bond donors (Lipinski definition) is 1. The van der Waals surface area contributed by atoms with Gasteiger partial charge in [-0.2, -0.15) is 5.10 Å². The zero-order valence-corrected chi connectivity index (χ0v) is 10.1. The number of nitrogens with two attached hydrogens (primary N) is 1. The van der Waals surface area contributed by atoms with E-state index in [9.17, 15) is 0 Å². The topological polar surface area (TPSA) is 43.8 Å². The van der Waals surface area contributed by atoms with Gasteiger partial charge in [0.05, 0.1) is 12.2 Å². The van der Waals surface area contributed by atoms with Crippen LogP contribution in [0, 0.1) is 13.8 Å². The molecule has 0 amide bonds. The predicted octanol–water partition coefficient (Wildman–Crippen LogP) is 2.78. The second-order valence-corrected chi connectivity index (χ2v) is 4.38. The summed E-state index contributed by atoms with van der Waals surface area (Å²) in [6.45, 7) is 4.65. The molecule has 4 heteroatoms. The van der Waals surface area contributed by atoms with E-state index in [-0.39, 0.29) is 0 Å². The van der Waals surface area contributed by atoms with E-state index in [1.54, 1.807) is 4.68 Å². The van der Waals surface area contributed by atoms with E-state index in [1.165, 1.54) is 5.56 Å². The van der Waals surface area contributed by atoms with Gasteiger partial charge < -0.3 is 5.73 Å². The number of rotatable bonds is 2. The van der Waals surface area contributed by atoms with E-state index in [0.29, 0.717) is 12.4 Å². The standard InChI is InChI=1S/C12H14ClN3/c1-8-5-11(13)4-3-10(8)7-16-12(14)6-9(2)15-16/h3-6H,7,14H2,1-2H3. The second-order valence-electron chi connectivity index (χ2n) is 3.94. The van der Waals surface area contributed by atoms with Crippen molar-refractivity contribution in [1.82, 2.24) is 9.78 Å². The van der Waals surface area contributed by atoms with E-state index in [2.05, 4.69) is 5.10 Å². The van der Waals surface area contributed by atoms with Crippen LogP contribution >= 0.6 is 11.6 Å². The van der Waals surface area contributed by atoms with Gasteiger partial charge in [0.25, 0.3) is 0 Å². The van der Waals surface area contributed by atoms with Gasteiger partial charge in [0.15, 0.2) is 0 Å². The molecule has 0 radical (unpaired) electrons. The molecule has 3 nitrogen and oxygen atoms in total. The van der Waals surface area contributed by atoms with Crippen LogP contribution in [0.15, 0.2) is 24.3 Å². The number of nitrogens with zero attached hydrogens (tertiary/aromatic N) is 2. The molecule has 0 unspecified atom stereocenters. The van der Waals surface area contributed by atoms with Crippen molar-refractivity contribution in [2.24, 2.45) is 0 Å². The molecule has 0 bridgehead atoms. The third kappa shape index (κ3) is 2.19. The fourth-order valence-corrected chi connectivity index (χ4v) is 1.92. The summed E-state index contributed by atoms with van der Waals surface area (Å²) in [6, 6.07) is 7.71. The van der Waals surface area contributed by atoms with Crippen molar-refractivity contribution in [3.63, 3.8) is 0 Å². The molecule has 0 aliphatic carbocycles. The molecule has 0 saturated carbocycles. The predicted molar refractivity (Wildman–Crippen MR) is 66.7 cm³/mol. The molecule has 0 aliphatic rings. The van der Waals surface area contributed by atoms with Crippen LogP contribution in [-0.4, -0.2) is 9.78 Å². The highest BCUT2D eigenvalue weighted by Crippen LogP contribution is 2.17. The van der Waals surface area contributed by atoms with Crippen molar-refractivity contribution >= 4 is 17.4 Å². The monoisotopic (exact) mass is 235 g/mol. The summed E-state index contributed by atoms with van der Waals surface area (Å²) >= 11 is 5.91. The fourth-order valence-electron chi connectivity index (χ4n) is 1.69. The largest absolute Gasteiger partial charge is 0.384 e. The number of hydrogen-bond acceptors (Lipinski definition) is 2. The lowest BCUT2D eigenvalue weighted by molar-refractivity contribution is 0.686. The Morgan fingerprint density at radius 3 is 2.62 bits per heavy atom. The van der Waals surface area contributed by atoms with Crippen LogP contribution in [0.25, 0.3) is 0 Å². The summed E-state index contributed by atoms with van der Waals surface area (Å²) < 4.78 is 1.80. The lowest BCUT2D eigenvalue weighted by Gasteiger charge is -2.07. The zero-order chi connectivity index (χ0) is 11.7. The zero-order valence-electron chi connectivity index (χ0n) is 9.37. The number of halogens is 1. The Bertz CT molecular complexity index is 517. The summed E-state index contributed by atoms with van der Waals surface area (Å²) in [5, 5.41) is 5.08. The molecule has 0 atom stereocenters. The smallest absolute Gasteiger partial charge is 0.122 e. The van der Waals surface area contributed by atoms with Gasteiger partial charge in [-0.1, -0.05) is 17.7 Å². The molecule has 2 aromatic rings. The fraction of sp³-hybridized carbons (Fsp3) is 0.250. The van der Waals surface area contributed by atoms with Crippen LogP contribution in [-0.2, 0) is 6.54 Å². The summed E-state index contributed by atoms with van der Waals surface area (Å²) in [7, 11) is 0. The SMILES string of the molecule is Cc1cc(N)n(Cc2ccc(Cl)cc2C)n1. The van der Waals surface area contributed by atoms with Gasteiger partial charge in [-0.15, -0.1) is 0 Å². The van der Waals surface area contributed by atoms with E-state index in [1.807, 2.05) is 38.1 Å². The minimum atomic E-state index is 0.683.